The topological polar surface area (TPSA) is 46.9 Å². The van der Waals surface area contributed by atoms with Gasteiger partial charge in [-0.15, -0.1) is 0 Å². The summed E-state index contributed by atoms with van der Waals surface area (Å²) in [7, 11) is 0. The molecule has 0 saturated carbocycles. The van der Waals surface area contributed by atoms with Crippen molar-refractivity contribution in [3.63, 3.8) is 0 Å². The molecule has 0 saturated heterocycles. The first-order valence-electron chi connectivity index (χ1n) is 9.10. The number of hydrogen-bond donors (Lipinski definition) is 1. The zero-order chi connectivity index (χ0) is 19.1. The number of rotatable bonds is 8. The number of nitrogens with zero attached hydrogens (tertiary/aromatic N) is 2. The number of thioether (sulfide) groups is 1. The van der Waals surface area contributed by atoms with Gasteiger partial charge in [0, 0.05) is 42.6 Å². The third-order valence-electron chi connectivity index (χ3n) is 4.38. The molecule has 1 aromatic heterocycles. The lowest BCUT2D eigenvalue weighted by molar-refractivity contribution is 0.0956. The summed E-state index contributed by atoms with van der Waals surface area (Å²) in [4.78, 5) is 16.5. The van der Waals surface area contributed by atoms with Crippen molar-refractivity contribution in [2.75, 3.05) is 12.3 Å². The largest absolute Gasteiger partial charge is 0.351 e. The van der Waals surface area contributed by atoms with Crippen molar-refractivity contribution in [3.05, 3.63) is 89.0 Å². The molecule has 0 fully saturated rings. The lowest BCUT2D eigenvalue weighted by Gasteiger charge is -2.08. The van der Waals surface area contributed by atoms with E-state index in [1.54, 1.807) is 6.20 Å². The number of carbonyl (C=O) groups is 1. The van der Waals surface area contributed by atoms with Crippen LogP contribution in [0.25, 0.3) is 0 Å². The zero-order valence-corrected chi connectivity index (χ0v) is 16.6. The van der Waals surface area contributed by atoms with Crippen LogP contribution >= 0.6 is 11.8 Å². The fourth-order valence-electron chi connectivity index (χ4n) is 2.86. The highest BCUT2D eigenvalue weighted by Crippen LogP contribution is 2.13. The first-order valence-corrected chi connectivity index (χ1v) is 10.3. The minimum Gasteiger partial charge on any atom is -0.351 e. The Kier molecular flexibility index (Phi) is 6.71. The van der Waals surface area contributed by atoms with Crippen LogP contribution in [0.3, 0.4) is 0 Å². The molecule has 1 amide bonds. The average molecular weight is 380 g/mol. The second-order valence-corrected chi connectivity index (χ2v) is 7.70. The summed E-state index contributed by atoms with van der Waals surface area (Å²) in [6.45, 7) is 5.53. The number of hydrogen-bond acceptors (Lipinski definition) is 3. The van der Waals surface area contributed by atoms with Crippen molar-refractivity contribution in [2.24, 2.45) is 0 Å². The van der Waals surface area contributed by atoms with E-state index in [1.807, 2.05) is 49.1 Å². The standard InChI is InChI=1S/C22H25N3OS/c1-17-4-3-5-20(14-17)16-27-13-11-24-22(26)21-8-6-19(7-9-21)15-25-12-10-23-18(25)2/h3-10,12,14H,11,13,15-16H2,1-2H3,(H,24,26). The van der Waals surface area contributed by atoms with Crippen molar-refractivity contribution in [1.29, 1.82) is 0 Å². The van der Waals surface area contributed by atoms with E-state index < -0.39 is 0 Å². The lowest BCUT2D eigenvalue weighted by atomic mass is 10.1. The lowest BCUT2D eigenvalue weighted by Crippen LogP contribution is -2.25. The van der Waals surface area contributed by atoms with Crippen LogP contribution in [0.5, 0.6) is 0 Å². The predicted octanol–water partition coefficient (Wildman–Crippen LogP) is 4.21. The predicted molar refractivity (Wildman–Crippen MR) is 112 cm³/mol. The highest BCUT2D eigenvalue weighted by atomic mass is 32.2. The Morgan fingerprint density at radius 2 is 1.93 bits per heavy atom. The van der Waals surface area contributed by atoms with E-state index in [4.69, 9.17) is 0 Å². The number of benzene rings is 2. The normalized spacial score (nSPS) is 10.7. The van der Waals surface area contributed by atoms with Crippen LogP contribution in [-0.2, 0) is 12.3 Å². The van der Waals surface area contributed by atoms with E-state index in [1.165, 1.54) is 11.1 Å². The van der Waals surface area contributed by atoms with E-state index in [-0.39, 0.29) is 5.91 Å². The summed E-state index contributed by atoms with van der Waals surface area (Å²) < 4.78 is 2.08. The summed E-state index contributed by atoms with van der Waals surface area (Å²) in [6.07, 6.45) is 3.76. The van der Waals surface area contributed by atoms with Gasteiger partial charge in [0.15, 0.2) is 0 Å². The van der Waals surface area contributed by atoms with E-state index >= 15 is 0 Å². The minimum absolute atomic E-state index is 0.0171. The highest BCUT2D eigenvalue weighted by Gasteiger charge is 2.05. The van der Waals surface area contributed by atoms with Gasteiger partial charge in [-0.3, -0.25) is 4.79 Å². The first-order chi connectivity index (χ1) is 13.1. The summed E-state index contributed by atoms with van der Waals surface area (Å²) >= 11 is 1.83. The second kappa shape index (κ2) is 9.42. The van der Waals surface area contributed by atoms with Crippen LogP contribution in [0.2, 0.25) is 0 Å². The van der Waals surface area contributed by atoms with Gasteiger partial charge in [-0.05, 0) is 37.1 Å². The molecule has 140 valence electrons. The van der Waals surface area contributed by atoms with E-state index in [0.29, 0.717) is 12.1 Å². The fraction of sp³-hybridized carbons (Fsp3) is 0.273. The van der Waals surface area contributed by atoms with Crippen molar-refractivity contribution >= 4 is 17.7 Å². The van der Waals surface area contributed by atoms with Gasteiger partial charge in [-0.25, -0.2) is 4.98 Å². The van der Waals surface area contributed by atoms with Crippen LogP contribution in [0.15, 0.2) is 60.9 Å². The second-order valence-electron chi connectivity index (χ2n) is 6.60. The van der Waals surface area contributed by atoms with Gasteiger partial charge >= 0.3 is 0 Å². The molecule has 0 unspecified atom stereocenters. The monoisotopic (exact) mass is 379 g/mol. The number of imidazole rings is 1. The molecular formula is C22H25N3OS. The molecule has 5 heteroatoms. The Morgan fingerprint density at radius 1 is 1.11 bits per heavy atom. The van der Waals surface area contributed by atoms with Crippen molar-refractivity contribution in [2.45, 2.75) is 26.1 Å². The molecular weight excluding hydrogens is 354 g/mol. The maximum absolute atomic E-state index is 12.3. The maximum atomic E-state index is 12.3. The number of nitrogens with one attached hydrogen (secondary N) is 1. The van der Waals surface area contributed by atoms with E-state index in [9.17, 15) is 4.79 Å². The third-order valence-corrected chi connectivity index (χ3v) is 5.41. The Bertz CT molecular complexity index is 887. The van der Waals surface area contributed by atoms with Crippen LogP contribution in [0.1, 0.15) is 32.9 Å². The van der Waals surface area contributed by atoms with Crippen LogP contribution in [0.4, 0.5) is 0 Å². The molecule has 3 rings (SSSR count). The molecule has 0 aliphatic carbocycles. The molecule has 2 aromatic carbocycles. The number of aryl methyl sites for hydroxylation is 2. The molecule has 0 radical (unpaired) electrons. The van der Waals surface area contributed by atoms with Crippen molar-refractivity contribution in [1.82, 2.24) is 14.9 Å². The van der Waals surface area contributed by atoms with Crippen molar-refractivity contribution in [3.8, 4) is 0 Å². The number of carbonyl (C=O) groups excluding carboxylic acids is 1. The van der Waals surface area contributed by atoms with Gasteiger partial charge in [0.2, 0.25) is 0 Å². The highest BCUT2D eigenvalue weighted by molar-refractivity contribution is 7.98. The van der Waals surface area contributed by atoms with Gasteiger partial charge in [0.25, 0.3) is 5.91 Å². The molecule has 0 bridgehead atoms. The first kappa shape index (κ1) is 19.2. The molecule has 4 nitrogen and oxygen atoms in total. The molecule has 0 spiro atoms. The maximum Gasteiger partial charge on any atom is 0.251 e. The summed E-state index contributed by atoms with van der Waals surface area (Å²) in [6, 6.07) is 16.3. The summed E-state index contributed by atoms with van der Waals surface area (Å²) in [5.74, 6) is 2.84. The average Bonchev–Trinajstić information content (AvgIpc) is 3.06. The van der Waals surface area contributed by atoms with E-state index in [2.05, 4.69) is 46.1 Å². The minimum atomic E-state index is -0.0171. The SMILES string of the molecule is Cc1cccc(CSCCNC(=O)c2ccc(Cn3ccnc3C)cc2)c1. The van der Waals surface area contributed by atoms with Gasteiger partial charge in [0.1, 0.15) is 5.82 Å². The molecule has 0 aliphatic rings. The Balaban J connectivity index is 1.41. The summed E-state index contributed by atoms with van der Waals surface area (Å²) in [5.41, 5.74) is 4.47. The Morgan fingerprint density at radius 3 is 2.63 bits per heavy atom. The van der Waals surface area contributed by atoms with Gasteiger partial charge in [-0.2, -0.15) is 11.8 Å². The molecule has 0 aliphatic heterocycles. The molecule has 1 heterocycles. The quantitative estimate of drug-likeness (QED) is 0.596. The molecule has 1 N–H and O–H groups in total. The van der Waals surface area contributed by atoms with E-state index in [0.717, 1.165) is 29.4 Å². The smallest absolute Gasteiger partial charge is 0.251 e. The zero-order valence-electron chi connectivity index (χ0n) is 15.8. The van der Waals surface area contributed by atoms with Crippen LogP contribution in [0, 0.1) is 13.8 Å². The van der Waals surface area contributed by atoms with Gasteiger partial charge in [-0.1, -0.05) is 42.0 Å². The van der Waals surface area contributed by atoms with Crippen LogP contribution in [-0.4, -0.2) is 27.8 Å². The Hall–Kier alpha value is -2.53. The molecule has 3 aromatic rings. The van der Waals surface area contributed by atoms with Crippen LogP contribution < -0.4 is 5.32 Å². The van der Waals surface area contributed by atoms with Gasteiger partial charge < -0.3 is 9.88 Å². The fourth-order valence-corrected chi connectivity index (χ4v) is 3.67. The summed E-state index contributed by atoms with van der Waals surface area (Å²) in [5, 5.41) is 3.00. The third kappa shape index (κ3) is 5.73. The number of amides is 1. The number of aromatic nitrogens is 2. The molecule has 27 heavy (non-hydrogen) atoms. The molecule has 0 atom stereocenters. The Labute approximate surface area is 165 Å². The van der Waals surface area contributed by atoms with Gasteiger partial charge in [0.05, 0.1) is 0 Å². The van der Waals surface area contributed by atoms with Crippen molar-refractivity contribution < 1.29 is 4.79 Å².